The molecule has 3 nitrogen and oxygen atoms in total. The maximum atomic E-state index is 10.3. The third kappa shape index (κ3) is 3.47. The highest BCUT2D eigenvalue weighted by Gasteiger charge is 2.19. The third-order valence-corrected chi connectivity index (χ3v) is 5.19. The summed E-state index contributed by atoms with van der Waals surface area (Å²) in [7, 11) is 0. The number of aliphatic hydroxyl groups excluding tert-OH is 1. The summed E-state index contributed by atoms with van der Waals surface area (Å²) in [5.41, 5.74) is 5.69. The molecule has 2 aromatic rings. The SMILES string of the molecule is O[C@H](COc1ccc2c(c1)CCC2)CN1CCc2ccccc2C1. The lowest BCUT2D eigenvalue weighted by molar-refractivity contribution is 0.0637. The van der Waals surface area contributed by atoms with Crippen molar-refractivity contribution < 1.29 is 9.84 Å². The second kappa shape index (κ2) is 6.96. The maximum absolute atomic E-state index is 10.3. The van der Waals surface area contributed by atoms with Gasteiger partial charge >= 0.3 is 0 Å². The van der Waals surface area contributed by atoms with Crippen molar-refractivity contribution in [2.75, 3.05) is 19.7 Å². The number of nitrogens with zero attached hydrogens (tertiary/aromatic N) is 1. The fourth-order valence-electron chi connectivity index (χ4n) is 3.89. The zero-order valence-corrected chi connectivity index (χ0v) is 14.1. The molecule has 126 valence electrons. The summed E-state index contributed by atoms with van der Waals surface area (Å²) >= 11 is 0. The molecule has 0 aromatic heterocycles. The molecule has 0 saturated carbocycles. The smallest absolute Gasteiger partial charge is 0.119 e. The minimum Gasteiger partial charge on any atom is -0.491 e. The average molecular weight is 323 g/mol. The van der Waals surface area contributed by atoms with Crippen molar-refractivity contribution in [1.29, 1.82) is 0 Å². The van der Waals surface area contributed by atoms with E-state index in [0.717, 1.165) is 31.7 Å². The number of hydrogen-bond donors (Lipinski definition) is 1. The number of benzene rings is 2. The first-order valence-corrected chi connectivity index (χ1v) is 9.00. The highest BCUT2D eigenvalue weighted by atomic mass is 16.5. The molecule has 3 heteroatoms. The van der Waals surface area contributed by atoms with Gasteiger partial charge in [0.05, 0.1) is 0 Å². The molecule has 0 fully saturated rings. The first-order chi connectivity index (χ1) is 11.8. The van der Waals surface area contributed by atoms with Gasteiger partial charge < -0.3 is 9.84 Å². The minimum atomic E-state index is -0.455. The molecule has 24 heavy (non-hydrogen) atoms. The van der Waals surface area contributed by atoms with E-state index in [1.54, 1.807) is 0 Å². The fourth-order valence-corrected chi connectivity index (χ4v) is 3.89. The third-order valence-electron chi connectivity index (χ3n) is 5.19. The second-order valence-electron chi connectivity index (χ2n) is 7.00. The average Bonchev–Trinajstić information content (AvgIpc) is 3.07. The van der Waals surface area contributed by atoms with Crippen LogP contribution in [0.15, 0.2) is 42.5 Å². The number of fused-ring (bicyclic) bond motifs is 2. The second-order valence-corrected chi connectivity index (χ2v) is 7.00. The van der Waals surface area contributed by atoms with Gasteiger partial charge in [0.1, 0.15) is 18.5 Å². The maximum Gasteiger partial charge on any atom is 0.119 e. The van der Waals surface area contributed by atoms with Crippen LogP contribution in [0.3, 0.4) is 0 Å². The largest absolute Gasteiger partial charge is 0.491 e. The topological polar surface area (TPSA) is 32.7 Å². The summed E-state index contributed by atoms with van der Waals surface area (Å²) in [5, 5.41) is 10.3. The lowest BCUT2D eigenvalue weighted by atomic mass is 10.00. The van der Waals surface area contributed by atoms with Crippen molar-refractivity contribution in [1.82, 2.24) is 4.90 Å². The molecule has 0 unspecified atom stereocenters. The van der Waals surface area contributed by atoms with Gasteiger partial charge in [0.25, 0.3) is 0 Å². The van der Waals surface area contributed by atoms with Gasteiger partial charge in [-0.1, -0.05) is 30.3 Å². The minimum absolute atomic E-state index is 0.358. The highest BCUT2D eigenvalue weighted by Crippen LogP contribution is 2.26. The van der Waals surface area contributed by atoms with Crippen LogP contribution in [-0.4, -0.2) is 35.8 Å². The number of β-amino-alcohol motifs (C(OH)–C–C–N with tert-alkyl or cyclic N) is 1. The Labute approximate surface area is 143 Å². The summed E-state index contributed by atoms with van der Waals surface area (Å²) in [6.45, 7) is 2.95. The standard InChI is InChI=1S/C21H25NO2/c23-20(14-22-11-10-17-4-1-2-5-19(17)13-22)15-24-21-9-8-16-6-3-7-18(16)12-21/h1-2,4-5,8-9,12,20,23H,3,6-7,10-11,13-15H2/t20-/m0/s1. The monoisotopic (exact) mass is 323 g/mol. The van der Waals surface area contributed by atoms with Crippen LogP contribution >= 0.6 is 0 Å². The van der Waals surface area contributed by atoms with Crippen LogP contribution < -0.4 is 4.74 Å². The van der Waals surface area contributed by atoms with Crippen LogP contribution in [0.5, 0.6) is 5.75 Å². The van der Waals surface area contributed by atoms with E-state index in [9.17, 15) is 5.11 Å². The van der Waals surface area contributed by atoms with Crippen LogP contribution in [0.4, 0.5) is 0 Å². The van der Waals surface area contributed by atoms with Gasteiger partial charge in [0, 0.05) is 19.6 Å². The van der Waals surface area contributed by atoms with E-state index >= 15 is 0 Å². The van der Waals surface area contributed by atoms with Gasteiger partial charge in [-0.25, -0.2) is 0 Å². The normalized spacial score (nSPS) is 18.0. The fraction of sp³-hybridized carbons (Fsp3) is 0.429. The Morgan fingerprint density at radius 1 is 0.958 bits per heavy atom. The van der Waals surface area contributed by atoms with Crippen molar-refractivity contribution in [3.05, 3.63) is 64.7 Å². The Morgan fingerprint density at radius 3 is 2.67 bits per heavy atom. The first-order valence-electron chi connectivity index (χ1n) is 9.00. The van der Waals surface area contributed by atoms with Crippen molar-refractivity contribution in [3.8, 4) is 5.75 Å². The molecule has 1 aliphatic carbocycles. The number of rotatable bonds is 5. The molecule has 0 spiro atoms. The van der Waals surface area contributed by atoms with E-state index < -0.39 is 6.10 Å². The van der Waals surface area contributed by atoms with Crippen molar-refractivity contribution in [3.63, 3.8) is 0 Å². The molecule has 0 radical (unpaired) electrons. The van der Waals surface area contributed by atoms with E-state index in [0.29, 0.717) is 13.2 Å². The van der Waals surface area contributed by atoms with Crippen LogP contribution in [0.1, 0.15) is 28.7 Å². The van der Waals surface area contributed by atoms with Crippen LogP contribution in [0.25, 0.3) is 0 Å². The molecular formula is C21H25NO2. The molecule has 1 heterocycles. The first kappa shape index (κ1) is 15.7. The van der Waals surface area contributed by atoms with Gasteiger partial charge in [-0.15, -0.1) is 0 Å². The molecule has 1 aliphatic heterocycles. The molecule has 4 rings (SSSR count). The molecule has 1 atom stereocenters. The lowest BCUT2D eigenvalue weighted by Gasteiger charge is -2.30. The summed E-state index contributed by atoms with van der Waals surface area (Å²) in [6, 6.07) is 14.9. The van der Waals surface area contributed by atoms with Crippen molar-refractivity contribution >= 4 is 0 Å². The van der Waals surface area contributed by atoms with E-state index in [4.69, 9.17) is 4.74 Å². The summed E-state index contributed by atoms with van der Waals surface area (Å²) in [4.78, 5) is 2.32. The zero-order chi connectivity index (χ0) is 16.4. The molecule has 0 amide bonds. The predicted octanol–water partition coefficient (Wildman–Crippen LogP) is 2.97. The molecule has 2 aliphatic rings. The van der Waals surface area contributed by atoms with Crippen LogP contribution in [0.2, 0.25) is 0 Å². The Balaban J connectivity index is 1.29. The van der Waals surface area contributed by atoms with Gasteiger partial charge in [-0.2, -0.15) is 0 Å². The zero-order valence-electron chi connectivity index (χ0n) is 14.1. The van der Waals surface area contributed by atoms with Gasteiger partial charge in [-0.05, 0) is 60.1 Å². The quantitative estimate of drug-likeness (QED) is 0.918. The van der Waals surface area contributed by atoms with E-state index in [1.807, 2.05) is 6.07 Å². The molecule has 0 bridgehead atoms. The molecular weight excluding hydrogens is 298 g/mol. The predicted molar refractivity (Wildman–Crippen MR) is 95.4 cm³/mol. The van der Waals surface area contributed by atoms with Gasteiger partial charge in [0.15, 0.2) is 0 Å². The van der Waals surface area contributed by atoms with Gasteiger partial charge in [0.2, 0.25) is 0 Å². The summed E-state index contributed by atoms with van der Waals surface area (Å²) < 4.78 is 5.83. The summed E-state index contributed by atoms with van der Waals surface area (Å²) in [5.74, 6) is 0.888. The van der Waals surface area contributed by atoms with Crippen molar-refractivity contribution in [2.45, 2.75) is 38.3 Å². The summed E-state index contributed by atoms with van der Waals surface area (Å²) in [6.07, 6.45) is 4.20. The molecule has 1 N–H and O–H groups in total. The van der Waals surface area contributed by atoms with Crippen molar-refractivity contribution in [2.24, 2.45) is 0 Å². The Bertz CT molecular complexity index is 713. The van der Waals surface area contributed by atoms with Gasteiger partial charge in [-0.3, -0.25) is 4.90 Å². The molecule has 0 saturated heterocycles. The van der Waals surface area contributed by atoms with E-state index in [-0.39, 0.29) is 0 Å². The Kier molecular flexibility index (Phi) is 4.54. The number of aryl methyl sites for hydroxylation is 2. The number of hydrogen-bond acceptors (Lipinski definition) is 3. The number of ether oxygens (including phenoxy) is 1. The Hall–Kier alpha value is -1.84. The number of aliphatic hydroxyl groups is 1. The lowest BCUT2D eigenvalue weighted by Crippen LogP contribution is -2.38. The van der Waals surface area contributed by atoms with E-state index in [2.05, 4.69) is 41.3 Å². The van der Waals surface area contributed by atoms with Crippen LogP contribution in [0, 0.1) is 0 Å². The highest BCUT2D eigenvalue weighted by molar-refractivity contribution is 5.38. The van der Waals surface area contributed by atoms with Crippen LogP contribution in [-0.2, 0) is 25.8 Å². The Morgan fingerprint density at radius 2 is 1.75 bits per heavy atom. The van der Waals surface area contributed by atoms with E-state index in [1.165, 1.54) is 35.1 Å². The molecule has 2 aromatic carbocycles.